The molecule has 2 aromatic carbocycles. The molecule has 1 fully saturated rings. The number of rotatable bonds is 3. The zero-order chi connectivity index (χ0) is 18.5. The summed E-state index contributed by atoms with van der Waals surface area (Å²) in [6, 6.07) is 9.85. The molecule has 0 atom stereocenters. The van der Waals surface area contributed by atoms with Crippen molar-refractivity contribution in [2.24, 2.45) is 0 Å². The maximum Gasteiger partial charge on any atom is 0.264 e. The van der Waals surface area contributed by atoms with Crippen molar-refractivity contribution in [3.05, 3.63) is 39.3 Å². The highest BCUT2D eigenvalue weighted by Crippen LogP contribution is 2.34. The number of nitrogens with one attached hydrogen (secondary N) is 1. The summed E-state index contributed by atoms with van der Waals surface area (Å²) in [7, 11) is 0. The number of carbonyl (C=O) groups excluding carboxylic acids is 1. The highest BCUT2D eigenvalue weighted by Gasteiger charge is 2.15. The standard InChI is InChI=1S/C19H20Br2N2O2S/c20-14-6-7-15-13(11-14)5-8-16(18(15)21)25-12-17(24)22-19(26)23-9-3-1-2-4-10-23/h5-8,11H,1-4,9-10,12H2,(H,22,24,26). The van der Waals surface area contributed by atoms with E-state index in [0.29, 0.717) is 10.9 Å². The minimum atomic E-state index is -0.234. The summed E-state index contributed by atoms with van der Waals surface area (Å²) in [6.07, 6.45) is 4.69. The normalized spacial score (nSPS) is 14.8. The van der Waals surface area contributed by atoms with Crippen LogP contribution in [0, 0.1) is 0 Å². The Balaban J connectivity index is 1.59. The second-order valence-corrected chi connectivity index (χ2v) is 8.38. The molecule has 4 nitrogen and oxygen atoms in total. The quantitative estimate of drug-likeness (QED) is 0.602. The van der Waals surface area contributed by atoms with Crippen molar-refractivity contribution in [1.82, 2.24) is 10.2 Å². The Labute approximate surface area is 175 Å². The fraction of sp³-hybridized carbons (Fsp3) is 0.368. The third-order valence-corrected chi connectivity index (χ3v) is 6.05. The molecule has 0 spiro atoms. The molecule has 0 bridgehead atoms. The van der Waals surface area contributed by atoms with E-state index in [1.54, 1.807) is 0 Å². The summed E-state index contributed by atoms with van der Waals surface area (Å²) in [4.78, 5) is 14.3. The van der Waals surface area contributed by atoms with Crippen LogP contribution in [0.1, 0.15) is 25.7 Å². The molecule has 3 rings (SSSR count). The Hall–Kier alpha value is -1.18. The molecule has 1 aliphatic heterocycles. The van der Waals surface area contributed by atoms with Crippen LogP contribution in [0.4, 0.5) is 0 Å². The zero-order valence-electron chi connectivity index (χ0n) is 14.3. The maximum atomic E-state index is 12.2. The van der Waals surface area contributed by atoms with Crippen LogP contribution in [-0.4, -0.2) is 35.6 Å². The van der Waals surface area contributed by atoms with Gasteiger partial charge in [0.25, 0.3) is 5.91 Å². The number of hydrogen-bond donors (Lipinski definition) is 1. The van der Waals surface area contributed by atoms with Gasteiger partial charge >= 0.3 is 0 Å². The first kappa shape index (κ1) is 19.6. The van der Waals surface area contributed by atoms with Crippen LogP contribution in [0.2, 0.25) is 0 Å². The average Bonchev–Trinajstić information content (AvgIpc) is 2.90. The fourth-order valence-electron chi connectivity index (χ4n) is 3.01. The fourth-order valence-corrected chi connectivity index (χ4v) is 4.29. The van der Waals surface area contributed by atoms with Crippen molar-refractivity contribution in [3.8, 4) is 5.75 Å². The first-order valence-corrected chi connectivity index (χ1v) is 10.6. The van der Waals surface area contributed by atoms with Crippen molar-refractivity contribution in [3.63, 3.8) is 0 Å². The smallest absolute Gasteiger partial charge is 0.264 e. The summed E-state index contributed by atoms with van der Waals surface area (Å²) in [5.74, 6) is 0.401. The van der Waals surface area contributed by atoms with Crippen molar-refractivity contribution >= 4 is 65.9 Å². The van der Waals surface area contributed by atoms with Crippen LogP contribution in [0.25, 0.3) is 10.8 Å². The third-order valence-electron chi connectivity index (χ3n) is 4.38. The number of amides is 1. The molecule has 1 saturated heterocycles. The van der Waals surface area contributed by atoms with Gasteiger partial charge in [0.2, 0.25) is 0 Å². The van der Waals surface area contributed by atoms with Gasteiger partial charge in [0.15, 0.2) is 11.7 Å². The van der Waals surface area contributed by atoms with Crippen LogP contribution < -0.4 is 10.1 Å². The molecule has 0 aromatic heterocycles. The maximum absolute atomic E-state index is 12.2. The van der Waals surface area contributed by atoms with Crippen LogP contribution in [0.3, 0.4) is 0 Å². The lowest BCUT2D eigenvalue weighted by molar-refractivity contribution is -0.121. The highest BCUT2D eigenvalue weighted by atomic mass is 79.9. The Morgan fingerprint density at radius 3 is 2.58 bits per heavy atom. The average molecular weight is 500 g/mol. The molecule has 1 N–H and O–H groups in total. The third kappa shape index (κ3) is 4.96. The lowest BCUT2D eigenvalue weighted by Crippen LogP contribution is -2.44. The number of carbonyl (C=O) groups is 1. The Bertz CT molecular complexity index is 821. The van der Waals surface area contributed by atoms with E-state index in [-0.39, 0.29) is 12.5 Å². The summed E-state index contributed by atoms with van der Waals surface area (Å²) in [6.45, 7) is 1.74. The Morgan fingerprint density at radius 1 is 1.12 bits per heavy atom. The molecule has 0 unspecified atom stereocenters. The first-order valence-electron chi connectivity index (χ1n) is 8.64. The molecule has 1 amide bonds. The molecular formula is C19H20Br2N2O2S. The lowest BCUT2D eigenvalue weighted by atomic mass is 10.1. The van der Waals surface area contributed by atoms with Gasteiger partial charge in [-0.1, -0.05) is 40.9 Å². The number of benzene rings is 2. The summed E-state index contributed by atoms with van der Waals surface area (Å²) < 4.78 is 7.56. The molecular weight excluding hydrogens is 480 g/mol. The van der Waals surface area contributed by atoms with Crippen molar-refractivity contribution in [1.29, 1.82) is 0 Å². The molecule has 2 aromatic rings. The SMILES string of the molecule is O=C(COc1ccc2cc(Br)ccc2c1Br)NC(=S)N1CCCCCC1. The van der Waals surface area contributed by atoms with Gasteiger partial charge in [-0.2, -0.15) is 0 Å². The van der Waals surface area contributed by atoms with Gasteiger partial charge in [0.05, 0.1) is 4.47 Å². The van der Waals surface area contributed by atoms with Gasteiger partial charge in [-0.15, -0.1) is 0 Å². The monoisotopic (exact) mass is 498 g/mol. The van der Waals surface area contributed by atoms with E-state index >= 15 is 0 Å². The van der Waals surface area contributed by atoms with Crippen molar-refractivity contribution in [2.75, 3.05) is 19.7 Å². The van der Waals surface area contributed by atoms with Crippen LogP contribution in [0.15, 0.2) is 39.3 Å². The van der Waals surface area contributed by atoms with E-state index in [0.717, 1.165) is 45.6 Å². The predicted molar refractivity (Wildman–Crippen MR) is 116 cm³/mol. The predicted octanol–water partition coefficient (Wildman–Crippen LogP) is 5.02. The number of likely N-dealkylation sites (tertiary alicyclic amines) is 1. The number of nitrogens with zero attached hydrogens (tertiary/aromatic N) is 1. The van der Waals surface area contributed by atoms with Gasteiger partial charge in [-0.05, 0) is 70.0 Å². The second kappa shape index (κ2) is 9.15. The molecule has 0 aliphatic carbocycles. The van der Waals surface area contributed by atoms with Crippen LogP contribution in [0.5, 0.6) is 5.75 Å². The molecule has 0 saturated carbocycles. The minimum Gasteiger partial charge on any atom is -0.483 e. The number of thiocarbonyl (C=S) groups is 1. The van der Waals surface area contributed by atoms with Crippen molar-refractivity contribution in [2.45, 2.75) is 25.7 Å². The van der Waals surface area contributed by atoms with E-state index in [1.807, 2.05) is 30.3 Å². The lowest BCUT2D eigenvalue weighted by Gasteiger charge is -2.23. The largest absolute Gasteiger partial charge is 0.483 e. The van der Waals surface area contributed by atoms with Crippen molar-refractivity contribution < 1.29 is 9.53 Å². The number of hydrogen-bond acceptors (Lipinski definition) is 3. The van der Waals surface area contributed by atoms with E-state index in [4.69, 9.17) is 17.0 Å². The molecule has 7 heteroatoms. The topological polar surface area (TPSA) is 41.6 Å². The molecule has 1 aliphatic rings. The Morgan fingerprint density at radius 2 is 1.85 bits per heavy atom. The van der Waals surface area contributed by atoms with E-state index < -0.39 is 0 Å². The minimum absolute atomic E-state index is 0.0748. The summed E-state index contributed by atoms with van der Waals surface area (Å²) in [5.41, 5.74) is 0. The molecule has 0 radical (unpaired) electrons. The summed E-state index contributed by atoms with van der Waals surface area (Å²) in [5, 5.41) is 5.41. The molecule has 1 heterocycles. The van der Waals surface area contributed by atoms with Crippen LogP contribution in [-0.2, 0) is 4.79 Å². The second-order valence-electron chi connectivity index (χ2n) is 6.29. The summed E-state index contributed by atoms with van der Waals surface area (Å²) >= 11 is 12.4. The number of ether oxygens (including phenoxy) is 1. The number of halogens is 2. The molecule has 138 valence electrons. The van der Waals surface area contributed by atoms with Gasteiger partial charge in [0.1, 0.15) is 5.75 Å². The van der Waals surface area contributed by atoms with Gasteiger partial charge < -0.3 is 15.0 Å². The zero-order valence-corrected chi connectivity index (χ0v) is 18.3. The van der Waals surface area contributed by atoms with E-state index in [2.05, 4.69) is 42.1 Å². The van der Waals surface area contributed by atoms with Gasteiger partial charge in [-0.25, -0.2) is 0 Å². The molecule has 26 heavy (non-hydrogen) atoms. The van der Waals surface area contributed by atoms with Gasteiger partial charge in [0, 0.05) is 17.6 Å². The van der Waals surface area contributed by atoms with E-state index in [1.165, 1.54) is 12.8 Å². The van der Waals surface area contributed by atoms with Gasteiger partial charge in [-0.3, -0.25) is 4.79 Å². The Kier molecular flexibility index (Phi) is 6.89. The number of fused-ring (bicyclic) bond motifs is 1. The highest BCUT2D eigenvalue weighted by molar-refractivity contribution is 9.11. The first-order chi connectivity index (χ1) is 12.5. The van der Waals surface area contributed by atoms with Crippen LogP contribution >= 0.6 is 44.1 Å². The van der Waals surface area contributed by atoms with E-state index in [9.17, 15) is 4.79 Å².